The molecule has 7 nitrogen and oxygen atoms in total. The van der Waals surface area contributed by atoms with Crippen molar-refractivity contribution in [2.75, 3.05) is 31.1 Å². The normalized spacial score (nSPS) is 19.4. The number of aliphatic hydroxyl groups is 1. The molecule has 0 bridgehead atoms. The third kappa shape index (κ3) is 6.21. The molecule has 1 saturated heterocycles. The van der Waals surface area contributed by atoms with Gasteiger partial charge in [0.2, 0.25) is 5.91 Å². The predicted octanol–water partition coefficient (Wildman–Crippen LogP) is 2.05. The van der Waals surface area contributed by atoms with Crippen LogP contribution in [0.15, 0.2) is 30.6 Å². The maximum Gasteiger partial charge on any atom is 0.231 e. The molecule has 8 heteroatoms. The fraction of sp³-hybridized carbons (Fsp3) is 0.522. The zero-order chi connectivity index (χ0) is 22.4. The summed E-state index contributed by atoms with van der Waals surface area (Å²) < 4.78 is 15.2. The quantitative estimate of drug-likeness (QED) is 0.634. The van der Waals surface area contributed by atoms with E-state index in [0.717, 1.165) is 12.0 Å². The molecule has 2 atom stereocenters. The van der Waals surface area contributed by atoms with E-state index in [-0.39, 0.29) is 12.5 Å². The number of anilines is 1. The minimum atomic E-state index is -0.564. The van der Waals surface area contributed by atoms with Gasteiger partial charge in [0.1, 0.15) is 6.33 Å². The second-order valence-corrected chi connectivity index (χ2v) is 8.31. The molecule has 0 radical (unpaired) electrons. The van der Waals surface area contributed by atoms with Gasteiger partial charge in [-0.2, -0.15) is 0 Å². The lowest BCUT2D eigenvalue weighted by Crippen LogP contribution is -2.46. The van der Waals surface area contributed by atoms with E-state index >= 15 is 4.39 Å². The lowest BCUT2D eigenvalue weighted by Gasteiger charge is -2.35. The Balaban J connectivity index is 1.63. The maximum absolute atomic E-state index is 15.2. The average molecular weight is 430 g/mol. The lowest BCUT2D eigenvalue weighted by molar-refractivity contribution is -0.120. The van der Waals surface area contributed by atoms with Crippen LogP contribution in [0, 0.1) is 18.7 Å². The van der Waals surface area contributed by atoms with Crippen LogP contribution in [-0.4, -0.2) is 58.2 Å². The first-order valence-corrected chi connectivity index (χ1v) is 10.9. The van der Waals surface area contributed by atoms with Crippen molar-refractivity contribution >= 4 is 11.7 Å². The highest BCUT2D eigenvalue weighted by atomic mass is 19.1. The minimum absolute atomic E-state index is 0.0387. The van der Waals surface area contributed by atoms with Gasteiger partial charge in [-0.05, 0) is 51.1 Å². The highest BCUT2D eigenvalue weighted by molar-refractivity contribution is 5.75. The number of nitrogens with two attached hydrogens (primary N) is 1. The van der Waals surface area contributed by atoms with Crippen LogP contribution >= 0.6 is 0 Å². The van der Waals surface area contributed by atoms with Gasteiger partial charge in [0.15, 0.2) is 11.6 Å². The molecule has 0 unspecified atom stereocenters. The van der Waals surface area contributed by atoms with Crippen molar-refractivity contribution in [2.45, 2.75) is 45.8 Å². The number of aromatic nitrogens is 2. The minimum Gasteiger partial charge on any atom is -0.392 e. The molecule has 1 aliphatic rings. The third-order valence-corrected chi connectivity index (χ3v) is 5.96. The van der Waals surface area contributed by atoms with Gasteiger partial charge in [-0.3, -0.25) is 9.69 Å². The van der Waals surface area contributed by atoms with Crippen LogP contribution in [0.4, 0.5) is 10.2 Å². The van der Waals surface area contributed by atoms with E-state index in [0.29, 0.717) is 50.5 Å². The van der Waals surface area contributed by atoms with Gasteiger partial charge in [0.25, 0.3) is 0 Å². The molecule has 2 aromatic rings. The molecule has 3 rings (SSSR count). The number of carbonyl (C=O) groups excluding carboxylic acids is 1. The predicted molar refractivity (Wildman–Crippen MR) is 118 cm³/mol. The molecular weight excluding hydrogens is 397 g/mol. The monoisotopic (exact) mass is 429 g/mol. The summed E-state index contributed by atoms with van der Waals surface area (Å²) in [6.45, 7) is 6.47. The summed E-state index contributed by atoms with van der Waals surface area (Å²) in [4.78, 5) is 23.2. The van der Waals surface area contributed by atoms with Gasteiger partial charge < -0.3 is 15.7 Å². The Bertz CT molecular complexity index is 877. The molecule has 0 saturated carbocycles. The van der Waals surface area contributed by atoms with Gasteiger partial charge in [0.05, 0.1) is 18.3 Å². The fourth-order valence-electron chi connectivity index (χ4n) is 4.11. The number of hydrogen-bond donors (Lipinski definition) is 2. The molecule has 2 heterocycles. The van der Waals surface area contributed by atoms with Crippen LogP contribution in [0.3, 0.4) is 0 Å². The highest BCUT2D eigenvalue weighted by Crippen LogP contribution is 2.25. The van der Waals surface area contributed by atoms with Crippen LogP contribution in [0.5, 0.6) is 0 Å². The number of nitrogens with zero attached hydrogens (tertiary/aromatic N) is 4. The van der Waals surface area contributed by atoms with Crippen LogP contribution in [0.2, 0.25) is 0 Å². The van der Waals surface area contributed by atoms with Crippen molar-refractivity contribution in [3.05, 3.63) is 53.2 Å². The van der Waals surface area contributed by atoms with Gasteiger partial charge in [0, 0.05) is 19.6 Å². The Kier molecular flexibility index (Phi) is 7.92. The number of halogens is 1. The zero-order valence-electron chi connectivity index (χ0n) is 18.3. The molecule has 1 amide bonds. The van der Waals surface area contributed by atoms with Gasteiger partial charge >= 0.3 is 0 Å². The van der Waals surface area contributed by atoms with Crippen LogP contribution < -0.4 is 10.6 Å². The highest BCUT2D eigenvalue weighted by Gasteiger charge is 2.28. The number of carbonyl (C=O) groups is 1. The van der Waals surface area contributed by atoms with Crippen molar-refractivity contribution in [1.29, 1.82) is 0 Å². The number of hydrogen-bond acceptors (Lipinski definition) is 6. The largest absolute Gasteiger partial charge is 0.392 e. The number of β-amino-alcohol motifs (C(OH)–C–C–N with tert-alkyl or cyclic N) is 1. The standard InChI is InChI=1S/C23H32FN5O2/c1-3-29(12-17-6-4-16(2)5-7-17)23-22(24)19(26-15-27-23)9-8-18-10-11-28(13-20(18)30)14-21(25)31/h4-7,15,18,20,30H,3,8-14H2,1-2H3,(H2,25,31)/t18-,20-/m0/s1. The number of benzene rings is 1. The second-order valence-electron chi connectivity index (χ2n) is 8.31. The molecule has 31 heavy (non-hydrogen) atoms. The molecule has 1 aliphatic heterocycles. The molecule has 0 spiro atoms. The third-order valence-electron chi connectivity index (χ3n) is 5.96. The summed E-state index contributed by atoms with van der Waals surface area (Å²) in [6, 6.07) is 8.18. The summed E-state index contributed by atoms with van der Waals surface area (Å²) >= 11 is 0. The van der Waals surface area contributed by atoms with Crippen LogP contribution in [0.25, 0.3) is 0 Å². The second kappa shape index (κ2) is 10.6. The van der Waals surface area contributed by atoms with E-state index in [4.69, 9.17) is 5.73 Å². The number of primary amides is 1. The van der Waals surface area contributed by atoms with E-state index < -0.39 is 17.8 Å². The summed E-state index contributed by atoms with van der Waals surface area (Å²) in [5, 5.41) is 10.4. The number of aryl methyl sites for hydroxylation is 2. The summed E-state index contributed by atoms with van der Waals surface area (Å²) in [5.41, 5.74) is 7.89. The van der Waals surface area contributed by atoms with Crippen molar-refractivity contribution in [3.63, 3.8) is 0 Å². The first-order chi connectivity index (χ1) is 14.9. The summed E-state index contributed by atoms with van der Waals surface area (Å²) in [7, 11) is 0. The summed E-state index contributed by atoms with van der Waals surface area (Å²) in [5.74, 6) is -0.439. The first kappa shape index (κ1) is 23.1. The lowest BCUT2D eigenvalue weighted by atomic mass is 9.89. The smallest absolute Gasteiger partial charge is 0.231 e. The van der Waals surface area contributed by atoms with Gasteiger partial charge in [-0.1, -0.05) is 29.8 Å². The van der Waals surface area contributed by atoms with Crippen LogP contribution in [-0.2, 0) is 17.8 Å². The van der Waals surface area contributed by atoms with Gasteiger partial charge in [-0.25, -0.2) is 14.4 Å². The van der Waals surface area contributed by atoms with E-state index in [1.165, 1.54) is 11.9 Å². The number of aliphatic hydroxyl groups excluding tert-OH is 1. The van der Waals surface area contributed by atoms with Gasteiger partial charge in [-0.15, -0.1) is 0 Å². The Morgan fingerprint density at radius 1 is 1.32 bits per heavy atom. The first-order valence-electron chi connectivity index (χ1n) is 10.9. The van der Waals surface area contributed by atoms with Crippen LogP contribution in [0.1, 0.15) is 36.6 Å². The molecule has 1 fully saturated rings. The average Bonchev–Trinajstić information content (AvgIpc) is 2.73. The summed E-state index contributed by atoms with van der Waals surface area (Å²) in [6.07, 6.45) is 2.65. The molecule has 0 aliphatic carbocycles. The SMILES string of the molecule is CCN(Cc1ccc(C)cc1)c1ncnc(CC[C@H]2CCN(CC(N)=O)C[C@@H]2O)c1F. The number of piperidine rings is 1. The van der Waals surface area contributed by atoms with E-state index in [1.54, 1.807) is 0 Å². The molecule has 1 aromatic carbocycles. The zero-order valence-corrected chi connectivity index (χ0v) is 18.3. The Hall–Kier alpha value is -2.58. The van der Waals surface area contributed by atoms with E-state index in [1.807, 2.05) is 47.9 Å². The Morgan fingerprint density at radius 3 is 2.71 bits per heavy atom. The number of rotatable bonds is 9. The Labute approximate surface area is 183 Å². The van der Waals surface area contributed by atoms with Crippen molar-refractivity contribution < 1.29 is 14.3 Å². The Morgan fingerprint density at radius 2 is 2.06 bits per heavy atom. The van der Waals surface area contributed by atoms with Crippen molar-refractivity contribution in [2.24, 2.45) is 11.7 Å². The van der Waals surface area contributed by atoms with E-state index in [9.17, 15) is 9.90 Å². The number of amides is 1. The maximum atomic E-state index is 15.2. The van der Waals surface area contributed by atoms with Crippen molar-refractivity contribution in [3.8, 4) is 0 Å². The molecular formula is C23H32FN5O2. The molecule has 3 N–H and O–H groups in total. The topological polar surface area (TPSA) is 95.6 Å². The van der Waals surface area contributed by atoms with Crippen molar-refractivity contribution in [1.82, 2.24) is 14.9 Å². The number of likely N-dealkylation sites (tertiary alicyclic amines) is 1. The van der Waals surface area contributed by atoms with E-state index in [2.05, 4.69) is 9.97 Å². The fourth-order valence-corrected chi connectivity index (χ4v) is 4.11. The molecule has 1 aromatic heterocycles. The molecule has 168 valence electrons.